The molecule has 0 aliphatic carbocycles. The summed E-state index contributed by atoms with van der Waals surface area (Å²) in [6.45, 7) is 10.2. The zero-order valence-electron chi connectivity index (χ0n) is 6.12. The second kappa shape index (κ2) is 3.71. The minimum atomic E-state index is 1.20. The third-order valence-electron chi connectivity index (χ3n) is 1.35. The van der Waals surface area contributed by atoms with Crippen LogP contribution in [0.25, 0.3) is 0 Å². The van der Waals surface area contributed by atoms with Crippen LogP contribution in [0.2, 0.25) is 0 Å². The molecule has 0 aromatic heterocycles. The molecule has 0 aliphatic rings. The Morgan fingerprint density at radius 3 is 2.00 bits per heavy atom. The summed E-state index contributed by atoms with van der Waals surface area (Å²) in [5, 5.41) is 0. The second-order valence-corrected chi connectivity index (χ2v) is 2.31. The van der Waals surface area contributed by atoms with Gasteiger partial charge in [-0.15, -0.1) is 0 Å². The lowest BCUT2D eigenvalue weighted by Crippen LogP contribution is -1.77. The first kappa shape index (κ1) is 7.74. The van der Waals surface area contributed by atoms with Crippen molar-refractivity contribution in [3.05, 3.63) is 18.1 Å². The van der Waals surface area contributed by atoms with Crippen molar-refractivity contribution in [2.45, 2.75) is 33.6 Å². The highest BCUT2D eigenvalue weighted by atomic mass is 13.9. The van der Waals surface area contributed by atoms with Crippen molar-refractivity contribution in [2.75, 3.05) is 0 Å². The molecule has 0 bridgehead atoms. The van der Waals surface area contributed by atoms with E-state index in [0.717, 1.165) is 0 Å². The molecular weight excluding hydrogens is 96.1 g/mol. The van der Waals surface area contributed by atoms with Crippen molar-refractivity contribution < 1.29 is 0 Å². The molecule has 0 rings (SSSR count). The molecular formula is C8H15. The Bertz CT molecular complexity index is 84.2. The fraction of sp³-hybridized carbons (Fsp3) is 0.625. The van der Waals surface area contributed by atoms with Crippen LogP contribution in [0.3, 0.4) is 0 Å². The Morgan fingerprint density at radius 1 is 1.38 bits per heavy atom. The average molecular weight is 111 g/mol. The molecule has 0 amide bonds. The summed E-state index contributed by atoms with van der Waals surface area (Å²) in [5.41, 5.74) is 2.67. The van der Waals surface area contributed by atoms with E-state index in [9.17, 15) is 0 Å². The molecule has 8 heavy (non-hydrogen) atoms. The van der Waals surface area contributed by atoms with Gasteiger partial charge in [0.15, 0.2) is 0 Å². The molecule has 0 N–H and O–H groups in total. The summed E-state index contributed by atoms with van der Waals surface area (Å²) in [6.07, 6.45) is 2.44. The number of hydrogen-bond acceptors (Lipinski definition) is 0. The van der Waals surface area contributed by atoms with Crippen molar-refractivity contribution in [3.8, 4) is 0 Å². The van der Waals surface area contributed by atoms with Gasteiger partial charge in [0.25, 0.3) is 0 Å². The van der Waals surface area contributed by atoms with Crippen LogP contribution < -0.4 is 0 Å². The molecule has 0 saturated heterocycles. The maximum Gasteiger partial charge on any atom is -0.0283 e. The molecule has 0 saturated carbocycles. The van der Waals surface area contributed by atoms with Crippen LogP contribution >= 0.6 is 0 Å². The normalized spacial score (nSPS) is 13.5. The van der Waals surface area contributed by atoms with Gasteiger partial charge in [-0.05, 0) is 27.2 Å². The van der Waals surface area contributed by atoms with Crippen LogP contribution in [0, 0.1) is 6.92 Å². The van der Waals surface area contributed by atoms with Gasteiger partial charge in [-0.2, -0.15) is 0 Å². The molecule has 0 atom stereocenters. The maximum atomic E-state index is 3.84. The lowest BCUT2D eigenvalue weighted by Gasteiger charge is -1.98. The Labute approximate surface area is 52.6 Å². The molecule has 0 aliphatic heterocycles. The summed E-state index contributed by atoms with van der Waals surface area (Å²) >= 11 is 0. The third-order valence-corrected chi connectivity index (χ3v) is 1.35. The van der Waals surface area contributed by atoms with Crippen molar-refractivity contribution in [1.82, 2.24) is 0 Å². The van der Waals surface area contributed by atoms with Gasteiger partial charge in [-0.25, -0.2) is 0 Å². The van der Waals surface area contributed by atoms with Crippen molar-refractivity contribution in [1.29, 1.82) is 0 Å². The van der Waals surface area contributed by atoms with E-state index in [4.69, 9.17) is 0 Å². The van der Waals surface area contributed by atoms with Crippen molar-refractivity contribution in [2.24, 2.45) is 0 Å². The SMILES string of the molecule is [CH2]C(C)=C(C)CCC. The first-order valence-corrected chi connectivity index (χ1v) is 3.16. The van der Waals surface area contributed by atoms with E-state index < -0.39 is 0 Å². The number of allylic oxidation sites excluding steroid dienone is 2. The van der Waals surface area contributed by atoms with Crippen LogP contribution in [0.4, 0.5) is 0 Å². The minimum absolute atomic E-state index is 1.20. The Kier molecular flexibility index (Phi) is 3.59. The molecule has 1 radical (unpaired) electrons. The molecule has 0 aromatic rings. The first-order valence-electron chi connectivity index (χ1n) is 3.16. The zero-order valence-corrected chi connectivity index (χ0v) is 6.12. The van der Waals surface area contributed by atoms with Gasteiger partial charge in [-0.3, -0.25) is 0 Å². The highest BCUT2D eigenvalue weighted by molar-refractivity contribution is 5.11. The summed E-state index contributed by atoms with van der Waals surface area (Å²) in [4.78, 5) is 0. The third kappa shape index (κ3) is 2.84. The minimum Gasteiger partial charge on any atom is -0.0744 e. The summed E-state index contributed by atoms with van der Waals surface area (Å²) in [7, 11) is 0. The van der Waals surface area contributed by atoms with E-state index >= 15 is 0 Å². The highest BCUT2D eigenvalue weighted by Gasteiger charge is 1.87. The molecule has 0 heteroatoms. The van der Waals surface area contributed by atoms with Crippen LogP contribution in [-0.4, -0.2) is 0 Å². The fourth-order valence-electron chi connectivity index (χ4n) is 0.588. The van der Waals surface area contributed by atoms with Gasteiger partial charge < -0.3 is 0 Å². The summed E-state index contributed by atoms with van der Waals surface area (Å²) < 4.78 is 0. The van der Waals surface area contributed by atoms with Crippen LogP contribution in [-0.2, 0) is 0 Å². The van der Waals surface area contributed by atoms with Crippen LogP contribution in [0.15, 0.2) is 11.1 Å². The molecule has 0 aromatic carbocycles. The van der Waals surface area contributed by atoms with Gasteiger partial charge in [0.05, 0.1) is 0 Å². The predicted molar refractivity (Wildman–Crippen MR) is 38.6 cm³/mol. The average Bonchev–Trinajstić information content (AvgIpc) is 1.67. The molecule has 0 nitrogen and oxygen atoms in total. The van der Waals surface area contributed by atoms with Crippen LogP contribution in [0.5, 0.6) is 0 Å². The first-order chi connectivity index (χ1) is 3.68. The maximum absolute atomic E-state index is 3.84. The molecule has 0 spiro atoms. The van der Waals surface area contributed by atoms with Crippen molar-refractivity contribution >= 4 is 0 Å². The Hall–Kier alpha value is -0.260. The predicted octanol–water partition coefficient (Wildman–Crippen LogP) is 2.96. The second-order valence-electron chi connectivity index (χ2n) is 2.31. The van der Waals surface area contributed by atoms with Gasteiger partial charge >= 0.3 is 0 Å². The number of rotatable bonds is 2. The van der Waals surface area contributed by atoms with E-state index in [1.54, 1.807) is 0 Å². The Morgan fingerprint density at radius 2 is 1.88 bits per heavy atom. The lowest BCUT2D eigenvalue weighted by atomic mass is 10.1. The molecule has 0 heterocycles. The number of hydrogen-bond donors (Lipinski definition) is 0. The van der Waals surface area contributed by atoms with Crippen LogP contribution in [0.1, 0.15) is 33.6 Å². The smallest absolute Gasteiger partial charge is 0.0283 e. The van der Waals surface area contributed by atoms with E-state index in [0.29, 0.717) is 0 Å². The van der Waals surface area contributed by atoms with Gasteiger partial charge in [-0.1, -0.05) is 24.5 Å². The topological polar surface area (TPSA) is 0 Å². The molecule has 0 fully saturated rings. The monoisotopic (exact) mass is 111 g/mol. The van der Waals surface area contributed by atoms with Gasteiger partial charge in [0.2, 0.25) is 0 Å². The fourth-order valence-corrected chi connectivity index (χ4v) is 0.588. The summed E-state index contributed by atoms with van der Waals surface area (Å²) in [5.74, 6) is 0. The van der Waals surface area contributed by atoms with E-state index in [-0.39, 0.29) is 0 Å². The van der Waals surface area contributed by atoms with E-state index in [2.05, 4.69) is 27.7 Å². The van der Waals surface area contributed by atoms with Gasteiger partial charge in [0.1, 0.15) is 0 Å². The largest absolute Gasteiger partial charge is 0.0744 e. The lowest BCUT2D eigenvalue weighted by molar-refractivity contribution is 0.895. The molecule has 0 unspecified atom stereocenters. The summed E-state index contributed by atoms with van der Waals surface area (Å²) in [6, 6.07) is 0. The molecule has 47 valence electrons. The zero-order chi connectivity index (χ0) is 6.57. The standard InChI is InChI=1S/C8H15/c1-5-6-8(4)7(2)3/h2,5-6H2,1,3-4H3. The van der Waals surface area contributed by atoms with Crippen molar-refractivity contribution in [3.63, 3.8) is 0 Å². The van der Waals surface area contributed by atoms with Gasteiger partial charge in [0, 0.05) is 0 Å². The Balaban J connectivity index is 3.62. The highest BCUT2D eigenvalue weighted by Crippen LogP contribution is 2.07. The van der Waals surface area contributed by atoms with E-state index in [1.165, 1.54) is 24.0 Å². The van der Waals surface area contributed by atoms with E-state index in [1.807, 2.05) is 0 Å². The quantitative estimate of drug-likeness (QED) is 0.514.